The van der Waals surface area contributed by atoms with Gasteiger partial charge in [-0.3, -0.25) is 0 Å². The Morgan fingerprint density at radius 2 is 2.19 bits per heavy atom. The van der Waals surface area contributed by atoms with Crippen molar-refractivity contribution in [1.29, 1.82) is 0 Å². The summed E-state index contributed by atoms with van der Waals surface area (Å²) in [5, 5.41) is 5.11. The Kier molecular flexibility index (Phi) is 5.81. The molecule has 21 heavy (non-hydrogen) atoms. The van der Waals surface area contributed by atoms with Crippen molar-refractivity contribution in [1.82, 2.24) is 10.3 Å². The van der Waals surface area contributed by atoms with Crippen LogP contribution >= 0.6 is 11.3 Å². The van der Waals surface area contributed by atoms with Crippen molar-refractivity contribution in [3.63, 3.8) is 0 Å². The van der Waals surface area contributed by atoms with Gasteiger partial charge >= 0.3 is 0 Å². The molecule has 0 bridgehead atoms. The molecule has 3 nitrogen and oxygen atoms in total. The number of aryl methyl sites for hydroxylation is 2. The lowest BCUT2D eigenvalue weighted by Gasteiger charge is -2.41. The van der Waals surface area contributed by atoms with Gasteiger partial charge in [0.05, 0.1) is 17.3 Å². The Morgan fingerprint density at radius 3 is 2.76 bits per heavy atom. The molecule has 1 fully saturated rings. The van der Waals surface area contributed by atoms with Gasteiger partial charge in [0, 0.05) is 17.5 Å². The predicted molar refractivity (Wildman–Crippen MR) is 90.1 cm³/mol. The van der Waals surface area contributed by atoms with Gasteiger partial charge in [0.15, 0.2) is 0 Å². The minimum absolute atomic E-state index is 0.00903. The largest absolute Gasteiger partial charge is 0.378 e. The fraction of sp³-hybridized carbons (Fsp3) is 0.824. The molecular weight excluding hydrogens is 280 g/mol. The summed E-state index contributed by atoms with van der Waals surface area (Å²) < 4.78 is 5.98. The van der Waals surface area contributed by atoms with E-state index in [9.17, 15) is 0 Å². The van der Waals surface area contributed by atoms with Crippen LogP contribution in [0.15, 0.2) is 0 Å². The van der Waals surface area contributed by atoms with Gasteiger partial charge in [-0.2, -0.15) is 0 Å². The first-order valence-corrected chi connectivity index (χ1v) is 9.18. The molecule has 0 amide bonds. The molecule has 2 rings (SSSR count). The molecule has 1 aromatic rings. The van der Waals surface area contributed by atoms with Crippen molar-refractivity contribution < 1.29 is 4.74 Å². The standard InChI is InChI=1S/C17H30N2OS/c1-6-8-14-11-17(9-10-20-14,19-12(3)4)16-18-15(7-2)13(5)21-16/h12,14,19H,6-11H2,1-5H3. The van der Waals surface area contributed by atoms with Gasteiger partial charge < -0.3 is 10.1 Å². The number of hydrogen-bond donors (Lipinski definition) is 1. The lowest BCUT2D eigenvalue weighted by atomic mass is 9.85. The average Bonchev–Trinajstić information content (AvgIpc) is 2.80. The van der Waals surface area contributed by atoms with E-state index in [4.69, 9.17) is 9.72 Å². The van der Waals surface area contributed by atoms with Gasteiger partial charge in [-0.25, -0.2) is 4.98 Å². The maximum atomic E-state index is 5.98. The fourth-order valence-electron chi connectivity index (χ4n) is 3.36. The van der Waals surface area contributed by atoms with E-state index in [0.29, 0.717) is 12.1 Å². The van der Waals surface area contributed by atoms with Crippen LogP contribution in [0.3, 0.4) is 0 Å². The topological polar surface area (TPSA) is 34.2 Å². The molecule has 2 unspecified atom stereocenters. The molecular formula is C17H30N2OS. The van der Waals surface area contributed by atoms with Gasteiger partial charge in [0.2, 0.25) is 0 Å². The Balaban J connectivity index is 2.31. The second-order valence-electron chi connectivity index (χ2n) is 6.49. The van der Waals surface area contributed by atoms with Crippen molar-refractivity contribution in [3.05, 3.63) is 15.6 Å². The number of nitrogens with one attached hydrogen (secondary N) is 1. The van der Waals surface area contributed by atoms with Crippen molar-refractivity contribution in [2.75, 3.05) is 6.61 Å². The van der Waals surface area contributed by atoms with E-state index in [-0.39, 0.29) is 5.54 Å². The molecule has 0 saturated carbocycles. The van der Waals surface area contributed by atoms with Gasteiger partial charge in [0.25, 0.3) is 0 Å². The Morgan fingerprint density at radius 1 is 1.43 bits per heavy atom. The zero-order valence-corrected chi connectivity index (χ0v) is 15.0. The normalized spacial score (nSPS) is 26.5. The minimum Gasteiger partial charge on any atom is -0.378 e. The van der Waals surface area contributed by atoms with E-state index in [1.807, 2.05) is 11.3 Å². The second kappa shape index (κ2) is 7.21. The number of aromatic nitrogens is 1. The quantitative estimate of drug-likeness (QED) is 0.855. The van der Waals surface area contributed by atoms with Gasteiger partial charge in [-0.05, 0) is 46.5 Å². The van der Waals surface area contributed by atoms with Crippen LogP contribution < -0.4 is 5.32 Å². The first kappa shape index (κ1) is 16.9. The van der Waals surface area contributed by atoms with E-state index in [0.717, 1.165) is 32.3 Å². The van der Waals surface area contributed by atoms with Crippen LogP contribution in [-0.4, -0.2) is 23.7 Å². The molecule has 0 spiro atoms. The molecule has 1 aliphatic heterocycles. The first-order chi connectivity index (χ1) is 10.0. The van der Waals surface area contributed by atoms with Gasteiger partial charge in [-0.15, -0.1) is 11.3 Å². The molecule has 2 heterocycles. The highest BCUT2D eigenvalue weighted by molar-refractivity contribution is 7.11. The summed E-state index contributed by atoms with van der Waals surface area (Å²) in [6, 6.07) is 0.458. The van der Waals surface area contributed by atoms with Crippen LogP contribution in [0.4, 0.5) is 0 Å². The summed E-state index contributed by atoms with van der Waals surface area (Å²) in [4.78, 5) is 6.34. The lowest BCUT2D eigenvalue weighted by Crippen LogP contribution is -2.51. The average molecular weight is 311 g/mol. The molecule has 120 valence electrons. The van der Waals surface area contributed by atoms with Crippen LogP contribution in [0.1, 0.15) is 69.0 Å². The van der Waals surface area contributed by atoms with Gasteiger partial charge in [-0.1, -0.05) is 20.3 Å². The third kappa shape index (κ3) is 3.85. The molecule has 2 atom stereocenters. The minimum atomic E-state index is 0.00903. The molecule has 0 aliphatic carbocycles. The molecule has 0 radical (unpaired) electrons. The molecule has 0 aromatic carbocycles. The molecule has 1 aliphatic rings. The second-order valence-corrected chi connectivity index (χ2v) is 7.70. The van der Waals surface area contributed by atoms with E-state index in [2.05, 4.69) is 39.9 Å². The molecule has 1 aromatic heterocycles. The number of nitrogens with zero attached hydrogens (tertiary/aromatic N) is 1. The summed E-state index contributed by atoms with van der Waals surface area (Å²) in [7, 11) is 0. The van der Waals surface area contributed by atoms with Crippen molar-refractivity contribution in [2.45, 2.75) is 84.4 Å². The number of ether oxygens (including phenoxy) is 1. The highest BCUT2D eigenvalue weighted by Gasteiger charge is 2.41. The lowest BCUT2D eigenvalue weighted by molar-refractivity contribution is -0.0371. The van der Waals surface area contributed by atoms with Crippen LogP contribution in [0.2, 0.25) is 0 Å². The van der Waals surface area contributed by atoms with E-state index in [1.54, 1.807) is 0 Å². The molecule has 4 heteroatoms. The summed E-state index contributed by atoms with van der Waals surface area (Å²) >= 11 is 1.88. The van der Waals surface area contributed by atoms with Crippen molar-refractivity contribution in [3.8, 4) is 0 Å². The van der Waals surface area contributed by atoms with Crippen LogP contribution in [0, 0.1) is 6.92 Å². The number of hydrogen-bond acceptors (Lipinski definition) is 4. The predicted octanol–water partition coefficient (Wildman–Crippen LogP) is 4.19. The van der Waals surface area contributed by atoms with Crippen LogP contribution in [-0.2, 0) is 16.7 Å². The summed E-state index contributed by atoms with van der Waals surface area (Å²) in [5.41, 5.74) is 1.27. The van der Waals surface area contributed by atoms with Crippen LogP contribution in [0.25, 0.3) is 0 Å². The van der Waals surface area contributed by atoms with E-state index >= 15 is 0 Å². The maximum absolute atomic E-state index is 5.98. The smallest absolute Gasteiger partial charge is 0.113 e. The fourth-order valence-corrected chi connectivity index (χ4v) is 4.55. The summed E-state index contributed by atoms with van der Waals surface area (Å²) in [6.07, 6.45) is 5.79. The summed E-state index contributed by atoms with van der Waals surface area (Å²) in [6.45, 7) is 11.9. The highest BCUT2D eigenvalue weighted by atomic mass is 32.1. The SMILES string of the molecule is CCCC1CC(NC(C)C)(c2nc(CC)c(C)s2)CCO1. The zero-order chi connectivity index (χ0) is 15.5. The van der Waals surface area contributed by atoms with E-state index in [1.165, 1.54) is 22.0 Å². The van der Waals surface area contributed by atoms with Crippen molar-refractivity contribution >= 4 is 11.3 Å². The van der Waals surface area contributed by atoms with Gasteiger partial charge in [0.1, 0.15) is 5.01 Å². The Hall–Kier alpha value is -0.450. The van der Waals surface area contributed by atoms with E-state index < -0.39 is 0 Å². The first-order valence-electron chi connectivity index (χ1n) is 8.36. The molecule has 1 saturated heterocycles. The van der Waals surface area contributed by atoms with Crippen molar-refractivity contribution in [2.24, 2.45) is 0 Å². The maximum Gasteiger partial charge on any atom is 0.113 e. The van der Waals surface area contributed by atoms with Crippen LogP contribution in [0.5, 0.6) is 0 Å². The Labute approximate surface area is 133 Å². The molecule has 1 N–H and O–H groups in total. The highest BCUT2D eigenvalue weighted by Crippen LogP contribution is 2.39. The number of rotatable bonds is 6. The number of thiazole rings is 1. The summed E-state index contributed by atoms with van der Waals surface area (Å²) in [5.74, 6) is 0. The monoisotopic (exact) mass is 310 g/mol. The Bertz CT molecular complexity index is 456. The third-order valence-electron chi connectivity index (χ3n) is 4.27. The zero-order valence-electron chi connectivity index (χ0n) is 14.2. The third-order valence-corrected chi connectivity index (χ3v) is 5.49.